The quantitative estimate of drug-likeness (QED) is 0.818. The van der Waals surface area contributed by atoms with Gasteiger partial charge >= 0.3 is 0 Å². The summed E-state index contributed by atoms with van der Waals surface area (Å²) >= 11 is 5.09. The van der Waals surface area contributed by atoms with Gasteiger partial charge in [0.05, 0.1) is 12.3 Å². The Hall–Kier alpha value is -2.41. The van der Waals surface area contributed by atoms with Crippen molar-refractivity contribution in [2.45, 2.75) is 13.5 Å². The van der Waals surface area contributed by atoms with Crippen LogP contribution in [0, 0.1) is 4.77 Å². The van der Waals surface area contributed by atoms with Crippen molar-refractivity contribution in [3.8, 4) is 17.0 Å². The first kappa shape index (κ1) is 15.0. The third kappa shape index (κ3) is 3.57. The van der Waals surface area contributed by atoms with Gasteiger partial charge in [0.25, 0.3) is 5.56 Å². The molecule has 0 radical (unpaired) electrons. The van der Waals surface area contributed by atoms with E-state index in [4.69, 9.17) is 22.7 Å². The second-order valence-electron chi connectivity index (χ2n) is 4.33. The van der Waals surface area contributed by atoms with E-state index < -0.39 is 5.91 Å². The number of nitrogens with one attached hydrogen (secondary N) is 1. The Balaban J connectivity index is 2.53. The van der Waals surface area contributed by atoms with E-state index in [-0.39, 0.29) is 16.9 Å². The highest BCUT2D eigenvalue weighted by Gasteiger charge is 2.09. The van der Waals surface area contributed by atoms with Crippen molar-refractivity contribution in [2.75, 3.05) is 6.61 Å². The van der Waals surface area contributed by atoms with Gasteiger partial charge in [-0.1, -0.05) is 0 Å². The number of rotatable bonds is 5. The van der Waals surface area contributed by atoms with E-state index in [1.807, 2.05) is 6.92 Å². The van der Waals surface area contributed by atoms with E-state index in [9.17, 15) is 9.59 Å². The van der Waals surface area contributed by atoms with Gasteiger partial charge in [-0.3, -0.25) is 14.6 Å². The van der Waals surface area contributed by atoms with Crippen molar-refractivity contribution >= 4 is 18.1 Å². The Morgan fingerprint density at radius 3 is 2.62 bits per heavy atom. The van der Waals surface area contributed by atoms with Crippen LogP contribution in [0.2, 0.25) is 0 Å². The summed E-state index contributed by atoms with van der Waals surface area (Å²) < 4.78 is 7.02. The molecular formula is C14H15N3O3S. The van der Waals surface area contributed by atoms with E-state index in [2.05, 4.69) is 4.98 Å². The number of ether oxygens (including phenoxy) is 1. The number of aromatic nitrogens is 2. The maximum absolute atomic E-state index is 11.6. The molecule has 0 unspecified atom stereocenters. The second kappa shape index (κ2) is 6.36. The fraction of sp³-hybridized carbons (Fsp3) is 0.214. The highest BCUT2D eigenvalue weighted by Crippen LogP contribution is 2.21. The van der Waals surface area contributed by atoms with E-state index in [0.29, 0.717) is 12.3 Å². The van der Waals surface area contributed by atoms with Crippen LogP contribution in [0.5, 0.6) is 5.75 Å². The van der Waals surface area contributed by atoms with Gasteiger partial charge in [0.15, 0.2) is 4.77 Å². The maximum Gasteiger partial charge on any atom is 0.252 e. The fourth-order valence-corrected chi connectivity index (χ4v) is 2.22. The molecule has 0 fully saturated rings. The molecule has 1 aromatic heterocycles. The van der Waals surface area contributed by atoms with Gasteiger partial charge in [0, 0.05) is 6.07 Å². The second-order valence-corrected chi connectivity index (χ2v) is 4.72. The normalized spacial score (nSPS) is 10.3. The monoisotopic (exact) mass is 305 g/mol. The molecule has 1 aromatic carbocycles. The van der Waals surface area contributed by atoms with Gasteiger partial charge in [0.1, 0.15) is 12.3 Å². The zero-order valence-corrected chi connectivity index (χ0v) is 12.3. The molecule has 1 heterocycles. The highest BCUT2D eigenvalue weighted by molar-refractivity contribution is 7.71. The lowest BCUT2D eigenvalue weighted by atomic mass is 10.1. The number of benzene rings is 1. The summed E-state index contributed by atoms with van der Waals surface area (Å²) in [6.45, 7) is 2.37. The lowest BCUT2D eigenvalue weighted by Gasteiger charge is -2.12. The van der Waals surface area contributed by atoms with Crippen molar-refractivity contribution in [1.29, 1.82) is 0 Å². The molecule has 0 saturated carbocycles. The van der Waals surface area contributed by atoms with Gasteiger partial charge in [-0.25, -0.2) is 0 Å². The molecule has 2 aromatic rings. The SMILES string of the molecule is CCOc1ccc(-c2cc(=O)[nH]c(=S)n2CC(N)=O)cc1. The minimum absolute atomic E-state index is 0.0990. The molecule has 2 rings (SSSR count). The van der Waals surface area contributed by atoms with Crippen molar-refractivity contribution < 1.29 is 9.53 Å². The summed E-state index contributed by atoms with van der Waals surface area (Å²) in [7, 11) is 0. The zero-order valence-electron chi connectivity index (χ0n) is 11.5. The van der Waals surface area contributed by atoms with Crippen LogP contribution in [-0.4, -0.2) is 22.1 Å². The Labute approximate surface area is 126 Å². The van der Waals surface area contributed by atoms with Crippen molar-refractivity contribution in [2.24, 2.45) is 5.73 Å². The molecule has 1 amide bonds. The smallest absolute Gasteiger partial charge is 0.252 e. The third-order valence-electron chi connectivity index (χ3n) is 2.81. The molecule has 0 atom stereocenters. The van der Waals surface area contributed by atoms with E-state index in [1.54, 1.807) is 24.3 Å². The molecule has 0 aliphatic heterocycles. The molecule has 0 bridgehead atoms. The summed E-state index contributed by atoms with van der Waals surface area (Å²) in [6, 6.07) is 8.56. The van der Waals surface area contributed by atoms with E-state index >= 15 is 0 Å². The number of nitrogens with zero attached hydrogens (tertiary/aromatic N) is 1. The Kier molecular flexibility index (Phi) is 4.54. The maximum atomic E-state index is 11.6. The summed E-state index contributed by atoms with van der Waals surface area (Å²) in [5, 5.41) is 0. The summed E-state index contributed by atoms with van der Waals surface area (Å²) in [6.07, 6.45) is 0. The number of hydrogen-bond donors (Lipinski definition) is 2. The number of carbonyl (C=O) groups is 1. The molecule has 0 aliphatic rings. The van der Waals surface area contributed by atoms with Crippen LogP contribution in [0.1, 0.15) is 6.92 Å². The van der Waals surface area contributed by atoms with Gasteiger partial charge in [-0.2, -0.15) is 0 Å². The van der Waals surface area contributed by atoms with Crippen LogP contribution < -0.4 is 16.0 Å². The molecule has 110 valence electrons. The average Bonchev–Trinajstić information content (AvgIpc) is 2.42. The molecule has 6 nitrogen and oxygen atoms in total. The van der Waals surface area contributed by atoms with Crippen molar-refractivity contribution in [1.82, 2.24) is 9.55 Å². The first-order valence-electron chi connectivity index (χ1n) is 6.37. The van der Waals surface area contributed by atoms with Gasteiger partial charge in [0.2, 0.25) is 5.91 Å². The van der Waals surface area contributed by atoms with Gasteiger partial charge < -0.3 is 15.0 Å². The molecule has 0 saturated heterocycles. The van der Waals surface area contributed by atoms with E-state index in [0.717, 1.165) is 11.3 Å². The Morgan fingerprint density at radius 1 is 1.38 bits per heavy atom. The predicted octanol–water partition coefficient (Wildman–Crippen LogP) is 1.46. The summed E-state index contributed by atoms with van der Waals surface area (Å²) in [5.41, 5.74) is 6.17. The minimum Gasteiger partial charge on any atom is -0.494 e. The average molecular weight is 305 g/mol. The largest absolute Gasteiger partial charge is 0.494 e. The number of carbonyl (C=O) groups excluding carboxylic acids is 1. The lowest BCUT2D eigenvalue weighted by molar-refractivity contribution is -0.118. The molecule has 0 spiro atoms. The van der Waals surface area contributed by atoms with Crippen molar-refractivity contribution in [3.63, 3.8) is 0 Å². The van der Waals surface area contributed by atoms with Crippen LogP contribution >= 0.6 is 12.2 Å². The van der Waals surface area contributed by atoms with E-state index in [1.165, 1.54) is 10.6 Å². The first-order chi connectivity index (χ1) is 10.0. The molecule has 21 heavy (non-hydrogen) atoms. The zero-order chi connectivity index (χ0) is 15.4. The van der Waals surface area contributed by atoms with Crippen LogP contribution in [0.4, 0.5) is 0 Å². The van der Waals surface area contributed by atoms with Crippen LogP contribution in [0.3, 0.4) is 0 Å². The highest BCUT2D eigenvalue weighted by atomic mass is 32.1. The number of hydrogen-bond acceptors (Lipinski definition) is 4. The van der Waals surface area contributed by atoms with Gasteiger partial charge in [-0.05, 0) is 49.0 Å². The predicted molar refractivity (Wildman–Crippen MR) is 81.7 cm³/mol. The molecule has 3 N–H and O–H groups in total. The topological polar surface area (TPSA) is 90.1 Å². The third-order valence-corrected chi connectivity index (χ3v) is 3.13. The number of amides is 1. The van der Waals surface area contributed by atoms with Crippen LogP contribution in [0.25, 0.3) is 11.3 Å². The standard InChI is InChI=1S/C14H15N3O3S/c1-2-20-10-5-3-9(4-6-10)11-7-13(19)16-14(21)17(11)8-12(15)18/h3-7H,2,8H2,1H3,(H2,15,18)(H,16,19,21). The summed E-state index contributed by atoms with van der Waals surface area (Å²) in [5.74, 6) is 0.191. The Bertz CT molecular complexity index is 762. The number of nitrogens with two attached hydrogens (primary N) is 1. The molecule has 0 aliphatic carbocycles. The van der Waals surface area contributed by atoms with Crippen LogP contribution in [0.15, 0.2) is 35.1 Å². The van der Waals surface area contributed by atoms with Crippen LogP contribution in [-0.2, 0) is 11.3 Å². The molecule has 7 heteroatoms. The fourth-order valence-electron chi connectivity index (χ4n) is 1.96. The number of H-pyrrole nitrogens is 1. The summed E-state index contributed by atoms with van der Waals surface area (Å²) in [4.78, 5) is 25.3. The number of primary amides is 1. The van der Waals surface area contributed by atoms with Crippen molar-refractivity contribution in [3.05, 3.63) is 45.5 Å². The Morgan fingerprint density at radius 2 is 2.05 bits per heavy atom. The van der Waals surface area contributed by atoms with Gasteiger partial charge in [-0.15, -0.1) is 0 Å². The molecular weight excluding hydrogens is 290 g/mol. The minimum atomic E-state index is -0.537. The lowest BCUT2D eigenvalue weighted by Crippen LogP contribution is -2.23. The number of aromatic amines is 1. The first-order valence-corrected chi connectivity index (χ1v) is 6.77.